The Morgan fingerprint density at radius 3 is 2.80 bits per heavy atom. The standard InChI is InChI=1S/C18H22N6O/c1-2-4-14(5-3-1)17-10-18(20-13-19-17)24(11-15-6-8-21-22-15)12-16-7-9-25-23-16/h6-10,13-14H,1-5,11-12H2,(H,21,22). The van der Waals surface area contributed by atoms with E-state index in [0.717, 1.165) is 22.9 Å². The van der Waals surface area contributed by atoms with Crippen molar-refractivity contribution in [2.75, 3.05) is 4.90 Å². The molecule has 0 aromatic carbocycles. The molecule has 0 spiro atoms. The lowest BCUT2D eigenvalue weighted by atomic mass is 9.87. The first-order chi connectivity index (χ1) is 12.4. The summed E-state index contributed by atoms with van der Waals surface area (Å²) < 4.78 is 4.98. The molecule has 3 aromatic heterocycles. The van der Waals surface area contributed by atoms with Gasteiger partial charge in [-0.2, -0.15) is 5.10 Å². The first-order valence-corrected chi connectivity index (χ1v) is 8.83. The third-order valence-electron chi connectivity index (χ3n) is 4.78. The Morgan fingerprint density at radius 2 is 2.04 bits per heavy atom. The van der Waals surface area contributed by atoms with Crippen molar-refractivity contribution < 1.29 is 4.52 Å². The predicted octanol–water partition coefficient (Wildman–Crippen LogP) is 3.44. The van der Waals surface area contributed by atoms with Crippen molar-refractivity contribution in [1.29, 1.82) is 0 Å². The van der Waals surface area contributed by atoms with Crippen molar-refractivity contribution in [2.45, 2.75) is 51.1 Å². The smallest absolute Gasteiger partial charge is 0.132 e. The Bertz CT molecular complexity index is 728. The van der Waals surface area contributed by atoms with Crippen molar-refractivity contribution >= 4 is 5.82 Å². The molecular weight excluding hydrogens is 316 g/mol. The van der Waals surface area contributed by atoms with E-state index >= 15 is 0 Å². The van der Waals surface area contributed by atoms with Gasteiger partial charge in [0.1, 0.15) is 24.1 Å². The summed E-state index contributed by atoms with van der Waals surface area (Å²) in [6.45, 7) is 1.30. The van der Waals surface area contributed by atoms with E-state index in [0.29, 0.717) is 19.0 Å². The fourth-order valence-electron chi connectivity index (χ4n) is 3.47. The molecule has 0 amide bonds. The van der Waals surface area contributed by atoms with Crippen LogP contribution in [0.3, 0.4) is 0 Å². The summed E-state index contributed by atoms with van der Waals surface area (Å²) in [6.07, 6.45) is 11.4. The number of rotatable bonds is 6. The Balaban J connectivity index is 1.59. The van der Waals surface area contributed by atoms with Crippen molar-refractivity contribution in [3.8, 4) is 0 Å². The summed E-state index contributed by atoms with van der Waals surface area (Å²) in [5.74, 6) is 1.46. The number of anilines is 1. The minimum absolute atomic E-state index is 0.552. The van der Waals surface area contributed by atoms with Crippen LogP contribution in [-0.4, -0.2) is 25.3 Å². The van der Waals surface area contributed by atoms with E-state index < -0.39 is 0 Å². The molecule has 7 heteroatoms. The third kappa shape index (κ3) is 3.87. The molecule has 0 radical (unpaired) electrons. The Kier molecular flexibility index (Phi) is 4.72. The van der Waals surface area contributed by atoms with Gasteiger partial charge in [-0.1, -0.05) is 24.4 Å². The normalized spacial score (nSPS) is 15.4. The van der Waals surface area contributed by atoms with Gasteiger partial charge < -0.3 is 9.42 Å². The van der Waals surface area contributed by atoms with Gasteiger partial charge in [0.15, 0.2) is 0 Å². The van der Waals surface area contributed by atoms with Crippen LogP contribution in [-0.2, 0) is 13.1 Å². The zero-order chi connectivity index (χ0) is 16.9. The molecule has 0 aliphatic heterocycles. The fraction of sp³-hybridized carbons (Fsp3) is 0.444. The molecule has 1 saturated carbocycles. The second-order valence-electron chi connectivity index (χ2n) is 6.56. The van der Waals surface area contributed by atoms with Crippen molar-refractivity contribution in [1.82, 2.24) is 25.3 Å². The summed E-state index contributed by atoms with van der Waals surface area (Å²) in [7, 11) is 0. The van der Waals surface area contributed by atoms with Crippen LogP contribution in [0.25, 0.3) is 0 Å². The number of aromatic nitrogens is 5. The molecule has 4 rings (SSSR count). The van der Waals surface area contributed by atoms with Crippen LogP contribution in [0.15, 0.2) is 41.5 Å². The molecule has 0 atom stereocenters. The van der Waals surface area contributed by atoms with E-state index in [2.05, 4.69) is 36.3 Å². The van der Waals surface area contributed by atoms with Gasteiger partial charge in [-0.3, -0.25) is 5.10 Å². The van der Waals surface area contributed by atoms with Crippen LogP contribution in [0.4, 0.5) is 5.82 Å². The maximum atomic E-state index is 4.98. The first-order valence-electron chi connectivity index (χ1n) is 8.83. The van der Waals surface area contributed by atoms with Gasteiger partial charge in [-0.05, 0) is 18.9 Å². The Labute approximate surface area is 146 Å². The molecule has 0 unspecified atom stereocenters. The molecule has 1 N–H and O–H groups in total. The SMILES string of the molecule is c1cc(CN(Cc2ccon2)c2cc(C3CCCCC3)ncn2)[nH]n1. The molecule has 3 heterocycles. The van der Waals surface area contributed by atoms with E-state index in [1.807, 2.05) is 12.1 Å². The summed E-state index contributed by atoms with van der Waals surface area (Å²) >= 11 is 0. The van der Waals surface area contributed by atoms with Gasteiger partial charge in [0.2, 0.25) is 0 Å². The zero-order valence-electron chi connectivity index (χ0n) is 14.1. The summed E-state index contributed by atoms with van der Waals surface area (Å²) in [5, 5.41) is 11.1. The average molecular weight is 338 g/mol. The van der Waals surface area contributed by atoms with E-state index in [1.165, 1.54) is 32.1 Å². The van der Waals surface area contributed by atoms with Crippen LogP contribution in [0, 0.1) is 0 Å². The van der Waals surface area contributed by atoms with Crippen LogP contribution >= 0.6 is 0 Å². The monoisotopic (exact) mass is 338 g/mol. The predicted molar refractivity (Wildman–Crippen MR) is 92.8 cm³/mol. The molecule has 0 saturated heterocycles. The van der Waals surface area contributed by atoms with E-state index in [-0.39, 0.29) is 0 Å². The van der Waals surface area contributed by atoms with Gasteiger partial charge in [0.25, 0.3) is 0 Å². The van der Waals surface area contributed by atoms with Gasteiger partial charge in [-0.15, -0.1) is 0 Å². The van der Waals surface area contributed by atoms with Gasteiger partial charge in [0, 0.05) is 29.9 Å². The van der Waals surface area contributed by atoms with Crippen molar-refractivity contribution in [2.24, 2.45) is 0 Å². The summed E-state index contributed by atoms with van der Waals surface area (Å²) in [5.41, 5.74) is 3.05. The van der Waals surface area contributed by atoms with Crippen LogP contribution < -0.4 is 4.90 Å². The molecule has 7 nitrogen and oxygen atoms in total. The highest BCUT2D eigenvalue weighted by Crippen LogP contribution is 2.32. The summed E-state index contributed by atoms with van der Waals surface area (Å²) in [4.78, 5) is 11.2. The zero-order valence-corrected chi connectivity index (χ0v) is 14.1. The first kappa shape index (κ1) is 15.8. The maximum absolute atomic E-state index is 4.98. The Hall–Kier alpha value is -2.70. The lowest BCUT2D eigenvalue weighted by Crippen LogP contribution is -2.24. The van der Waals surface area contributed by atoms with Crippen LogP contribution in [0.1, 0.15) is 55.1 Å². The van der Waals surface area contributed by atoms with Crippen molar-refractivity contribution in [3.05, 3.63) is 54.1 Å². The summed E-state index contributed by atoms with van der Waals surface area (Å²) in [6, 6.07) is 5.98. The molecule has 1 aliphatic carbocycles. The van der Waals surface area contributed by atoms with Crippen LogP contribution in [0.2, 0.25) is 0 Å². The number of hydrogen-bond acceptors (Lipinski definition) is 6. The topological polar surface area (TPSA) is 83.7 Å². The fourth-order valence-corrected chi connectivity index (χ4v) is 3.47. The van der Waals surface area contributed by atoms with Crippen molar-refractivity contribution in [3.63, 3.8) is 0 Å². The van der Waals surface area contributed by atoms with E-state index in [9.17, 15) is 0 Å². The van der Waals surface area contributed by atoms with Crippen LogP contribution in [0.5, 0.6) is 0 Å². The highest BCUT2D eigenvalue weighted by molar-refractivity contribution is 5.40. The van der Waals surface area contributed by atoms with Gasteiger partial charge >= 0.3 is 0 Å². The minimum atomic E-state index is 0.552. The van der Waals surface area contributed by atoms with Gasteiger partial charge in [0.05, 0.1) is 18.8 Å². The molecular formula is C18H22N6O. The second-order valence-corrected chi connectivity index (χ2v) is 6.56. The highest BCUT2D eigenvalue weighted by atomic mass is 16.5. The molecule has 3 aromatic rings. The molecule has 0 bridgehead atoms. The number of aromatic amines is 1. The Morgan fingerprint density at radius 1 is 1.12 bits per heavy atom. The third-order valence-corrected chi connectivity index (χ3v) is 4.78. The number of H-pyrrole nitrogens is 1. The number of nitrogens with one attached hydrogen (secondary N) is 1. The largest absolute Gasteiger partial charge is 0.364 e. The highest BCUT2D eigenvalue weighted by Gasteiger charge is 2.19. The van der Waals surface area contributed by atoms with E-state index in [1.54, 1.807) is 18.8 Å². The van der Waals surface area contributed by atoms with Gasteiger partial charge in [-0.25, -0.2) is 9.97 Å². The maximum Gasteiger partial charge on any atom is 0.132 e. The molecule has 130 valence electrons. The average Bonchev–Trinajstić information content (AvgIpc) is 3.36. The lowest BCUT2D eigenvalue weighted by Gasteiger charge is -2.25. The lowest BCUT2D eigenvalue weighted by molar-refractivity contribution is 0.410. The molecule has 25 heavy (non-hydrogen) atoms. The van der Waals surface area contributed by atoms with E-state index in [4.69, 9.17) is 4.52 Å². The molecule has 1 fully saturated rings. The number of hydrogen-bond donors (Lipinski definition) is 1. The second kappa shape index (κ2) is 7.46. The molecule has 1 aliphatic rings. The quantitative estimate of drug-likeness (QED) is 0.741. The number of nitrogens with zero attached hydrogens (tertiary/aromatic N) is 5. The minimum Gasteiger partial charge on any atom is -0.364 e.